The standard InChI is InChI=1S/C24H30N2O3.2ClH/c1-17-6-4-5-7-21(17)24-22-15-26(14-19(22)13-25(24)2)12-18-8-10-20(11-9-18)29-16-23(27)28-3;;/h4-11,19,22,24H,12-16H2,1-3H3;2*1H/t19-,22+,24+;;/m0../s1. The highest BCUT2D eigenvalue weighted by atomic mass is 35.5. The number of carbonyl (C=O) groups is 1. The molecule has 0 radical (unpaired) electrons. The van der Waals surface area contributed by atoms with E-state index in [2.05, 4.69) is 64.9 Å². The topological polar surface area (TPSA) is 42.0 Å². The number of ether oxygens (including phenoxy) is 2. The highest BCUT2D eigenvalue weighted by Crippen LogP contribution is 2.45. The molecule has 0 spiro atoms. The Hall–Kier alpha value is -1.79. The van der Waals surface area contributed by atoms with Gasteiger partial charge in [-0.2, -0.15) is 0 Å². The zero-order valence-electron chi connectivity index (χ0n) is 18.3. The smallest absolute Gasteiger partial charge is 0.343 e. The summed E-state index contributed by atoms with van der Waals surface area (Å²) in [5.41, 5.74) is 4.15. The van der Waals surface area contributed by atoms with Crippen LogP contribution in [-0.2, 0) is 16.1 Å². The van der Waals surface area contributed by atoms with Crippen molar-refractivity contribution >= 4 is 30.8 Å². The van der Waals surface area contributed by atoms with Gasteiger partial charge in [0.1, 0.15) is 5.75 Å². The molecular formula is C24H32Cl2N2O3. The van der Waals surface area contributed by atoms with Gasteiger partial charge in [-0.25, -0.2) is 4.79 Å². The Bertz CT molecular complexity index is 862. The van der Waals surface area contributed by atoms with Crippen LogP contribution in [0.15, 0.2) is 48.5 Å². The van der Waals surface area contributed by atoms with Gasteiger partial charge in [0.25, 0.3) is 0 Å². The second-order valence-corrected chi connectivity index (χ2v) is 8.37. The average Bonchev–Trinajstić information content (AvgIpc) is 3.23. The fourth-order valence-electron chi connectivity index (χ4n) is 5.02. The van der Waals surface area contributed by atoms with Crippen LogP contribution in [0, 0.1) is 18.8 Å². The Morgan fingerprint density at radius 2 is 1.74 bits per heavy atom. The molecule has 7 heteroatoms. The van der Waals surface area contributed by atoms with Gasteiger partial charge < -0.3 is 9.47 Å². The van der Waals surface area contributed by atoms with Crippen LogP contribution in [0.1, 0.15) is 22.7 Å². The maximum Gasteiger partial charge on any atom is 0.343 e. The maximum atomic E-state index is 11.2. The number of esters is 1. The minimum atomic E-state index is -0.370. The van der Waals surface area contributed by atoms with Gasteiger partial charge in [-0.05, 0) is 54.6 Å². The molecule has 2 aliphatic heterocycles. The van der Waals surface area contributed by atoms with Crippen LogP contribution >= 0.6 is 24.8 Å². The molecule has 0 amide bonds. The number of fused-ring (bicyclic) bond motifs is 1. The monoisotopic (exact) mass is 466 g/mol. The third-order valence-electron chi connectivity index (χ3n) is 6.39. The first kappa shape index (κ1) is 25.5. The number of benzene rings is 2. The minimum absolute atomic E-state index is 0. The van der Waals surface area contributed by atoms with E-state index in [0.29, 0.717) is 17.7 Å². The molecule has 2 saturated heterocycles. The summed E-state index contributed by atoms with van der Waals surface area (Å²) in [6, 6.07) is 17.4. The third-order valence-corrected chi connectivity index (χ3v) is 6.39. The number of likely N-dealkylation sites (tertiary alicyclic amines) is 2. The Labute approximate surface area is 197 Å². The van der Waals surface area contributed by atoms with E-state index in [9.17, 15) is 4.79 Å². The van der Waals surface area contributed by atoms with Crippen molar-refractivity contribution in [3.05, 3.63) is 65.2 Å². The van der Waals surface area contributed by atoms with Crippen LogP contribution in [0.4, 0.5) is 0 Å². The van der Waals surface area contributed by atoms with Gasteiger partial charge >= 0.3 is 5.97 Å². The van der Waals surface area contributed by atoms with Crippen molar-refractivity contribution in [3.63, 3.8) is 0 Å². The zero-order chi connectivity index (χ0) is 20.4. The molecule has 2 aromatic rings. The van der Waals surface area contributed by atoms with Crippen LogP contribution in [0.3, 0.4) is 0 Å². The van der Waals surface area contributed by atoms with Gasteiger partial charge in [-0.3, -0.25) is 9.80 Å². The van der Waals surface area contributed by atoms with Crippen molar-refractivity contribution in [1.82, 2.24) is 9.80 Å². The van der Waals surface area contributed by atoms with Crippen LogP contribution in [0.25, 0.3) is 0 Å². The Morgan fingerprint density at radius 1 is 1.03 bits per heavy atom. The van der Waals surface area contributed by atoms with Gasteiger partial charge in [-0.1, -0.05) is 36.4 Å². The molecule has 2 heterocycles. The number of rotatable bonds is 6. The van der Waals surface area contributed by atoms with Crippen molar-refractivity contribution in [1.29, 1.82) is 0 Å². The molecule has 170 valence electrons. The molecule has 0 saturated carbocycles. The molecule has 0 unspecified atom stereocenters. The molecule has 5 nitrogen and oxygen atoms in total. The van der Waals surface area contributed by atoms with E-state index in [-0.39, 0.29) is 37.4 Å². The number of methoxy groups -OCH3 is 1. The molecule has 31 heavy (non-hydrogen) atoms. The third kappa shape index (κ3) is 5.72. The summed E-state index contributed by atoms with van der Waals surface area (Å²) in [6.45, 7) is 6.58. The highest BCUT2D eigenvalue weighted by molar-refractivity contribution is 5.85. The van der Waals surface area contributed by atoms with Crippen molar-refractivity contribution in [3.8, 4) is 5.75 Å². The molecule has 2 aromatic carbocycles. The predicted octanol–water partition coefficient (Wildman–Crippen LogP) is 4.13. The number of hydrogen-bond acceptors (Lipinski definition) is 5. The lowest BCUT2D eigenvalue weighted by molar-refractivity contribution is -0.142. The number of nitrogens with zero attached hydrogens (tertiary/aromatic N) is 2. The molecule has 0 aromatic heterocycles. The first-order valence-corrected chi connectivity index (χ1v) is 10.3. The lowest BCUT2D eigenvalue weighted by Crippen LogP contribution is -2.29. The molecule has 0 bridgehead atoms. The number of hydrogen-bond donors (Lipinski definition) is 0. The minimum Gasteiger partial charge on any atom is -0.482 e. The van der Waals surface area contributed by atoms with Gasteiger partial charge in [0.15, 0.2) is 6.61 Å². The van der Waals surface area contributed by atoms with E-state index in [0.717, 1.165) is 25.6 Å². The lowest BCUT2D eigenvalue weighted by Gasteiger charge is -2.28. The van der Waals surface area contributed by atoms with Crippen molar-refractivity contribution in [2.45, 2.75) is 19.5 Å². The first-order chi connectivity index (χ1) is 14.0. The summed E-state index contributed by atoms with van der Waals surface area (Å²) in [6.07, 6.45) is 0. The fraction of sp³-hybridized carbons (Fsp3) is 0.458. The van der Waals surface area contributed by atoms with Gasteiger partial charge in [0.05, 0.1) is 7.11 Å². The molecule has 3 atom stereocenters. The van der Waals surface area contributed by atoms with Crippen molar-refractivity contribution in [2.75, 3.05) is 40.4 Å². The highest BCUT2D eigenvalue weighted by Gasteiger charge is 2.46. The van der Waals surface area contributed by atoms with Gasteiger partial charge in [-0.15, -0.1) is 24.8 Å². The molecule has 0 N–H and O–H groups in total. The Kier molecular flexibility index (Phi) is 9.19. The summed E-state index contributed by atoms with van der Waals surface area (Å²) in [4.78, 5) is 16.3. The summed E-state index contributed by atoms with van der Waals surface area (Å²) in [5, 5.41) is 0. The fourth-order valence-corrected chi connectivity index (χ4v) is 5.02. The number of carbonyl (C=O) groups excluding carboxylic acids is 1. The van der Waals surface area contributed by atoms with E-state index in [1.54, 1.807) is 0 Å². The van der Waals surface area contributed by atoms with Crippen molar-refractivity contribution < 1.29 is 14.3 Å². The first-order valence-electron chi connectivity index (χ1n) is 10.3. The van der Waals surface area contributed by atoms with Gasteiger partial charge in [0.2, 0.25) is 0 Å². The Morgan fingerprint density at radius 3 is 2.42 bits per heavy atom. The zero-order valence-corrected chi connectivity index (χ0v) is 20.0. The van der Waals surface area contributed by atoms with E-state index >= 15 is 0 Å². The van der Waals surface area contributed by atoms with Crippen LogP contribution in [0.2, 0.25) is 0 Å². The predicted molar refractivity (Wildman–Crippen MR) is 127 cm³/mol. The molecule has 2 aliphatic rings. The van der Waals surface area contributed by atoms with E-state index in [1.165, 1.54) is 30.3 Å². The number of aryl methyl sites for hydroxylation is 1. The van der Waals surface area contributed by atoms with Gasteiger partial charge in [0, 0.05) is 32.2 Å². The lowest BCUT2D eigenvalue weighted by atomic mass is 9.88. The summed E-state index contributed by atoms with van der Waals surface area (Å²) in [5.74, 6) is 1.74. The van der Waals surface area contributed by atoms with E-state index in [1.807, 2.05) is 12.1 Å². The summed E-state index contributed by atoms with van der Waals surface area (Å²) in [7, 11) is 3.63. The largest absolute Gasteiger partial charge is 0.482 e. The molecular weight excluding hydrogens is 435 g/mol. The molecule has 0 aliphatic carbocycles. The van der Waals surface area contributed by atoms with Crippen molar-refractivity contribution in [2.24, 2.45) is 11.8 Å². The van der Waals surface area contributed by atoms with E-state index < -0.39 is 0 Å². The molecule has 4 rings (SSSR count). The molecule has 2 fully saturated rings. The average molecular weight is 467 g/mol. The van der Waals surface area contributed by atoms with Crippen LogP contribution < -0.4 is 4.74 Å². The second-order valence-electron chi connectivity index (χ2n) is 8.37. The number of halogens is 2. The summed E-state index contributed by atoms with van der Waals surface area (Å²) < 4.78 is 10.0. The summed E-state index contributed by atoms with van der Waals surface area (Å²) >= 11 is 0. The Balaban J connectivity index is 0.00000171. The quantitative estimate of drug-likeness (QED) is 0.598. The maximum absolute atomic E-state index is 11.2. The van der Waals surface area contributed by atoms with Crippen LogP contribution in [-0.4, -0.2) is 56.2 Å². The van der Waals surface area contributed by atoms with E-state index in [4.69, 9.17) is 4.74 Å². The SMILES string of the molecule is COC(=O)COc1ccc(CN2C[C@@H]3CN(C)[C@H](c4ccccc4C)[C@@H]3C2)cc1.Cl.Cl. The normalized spacial score (nSPS) is 22.9. The van der Waals surface area contributed by atoms with Crippen LogP contribution in [0.5, 0.6) is 5.75 Å². The second kappa shape index (κ2) is 11.2.